The summed E-state index contributed by atoms with van der Waals surface area (Å²) < 4.78 is 28.8. The molecule has 0 saturated heterocycles. The lowest BCUT2D eigenvalue weighted by Crippen LogP contribution is -2.12. The molecule has 2 aromatic rings. The van der Waals surface area contributed by atoms with Crippen molar-refractivity contribution in [3.8, 4) is 11.4 Å². The summed E-state index contributed by atoms with van der Waals surface area (Å²) in [6.07, 6.45) is -3.79. The van der Waals surface area contributed by atoms with Gasteiger partial charge in [-0.2, -0.15) is 4.98 Å². The third kappa shape index (κ3) is 2.99. The van der Waals surface area contributed by atoms with E-state index in [-0.39, 0.29) is 17.4 Å². The number of carbonyl (C=O) groups excluding carboxylic acids is 1. The van der Waals surface area contributed by atoms with Gasteiger partial charge in [0.2, 0.25) is 17.5 Å². The van der Waals surface area contributed by atoms with Gasteiger partial charge < -0.3 is 4.52 Å². The highest BCUT2D eigenvalue weighted by molar-refractivity contribution is 5.83. The Hall–Kier alpha value is -2.71. The van der Waals surface area contributed by atoms with Crippen LogP contribution in [0.4, 0.5) is 14.5 Å². The highest BCUT2D eigenvalue weighted by Gasteiger charge is 2.20. The zero-order chi connectivity index (χ0) is 14.7. The lowest BCUT2D eigenvalue weighted by atomic mass is 10.2. The molecule has 0 atom stereocenters. The Labute approximate surface area is 110 Å². The minimum absolute atomic E-state index is 0.00855. The topological polar surface area (TPSA) is 99.1 Å². The van der Waals surface area contributed by atoms with Gasteiger partial charge in [-0.15, -0.1) is 0 Å². The number of ketones is 1. The lowest BCUT2D eigenvalue weighted by molar-refractivity contribution is -0.384. The number of nitrogens with zero attached hydrogens (tertiary/aromatic N) is 3. The number of aromatic nitrogens is 2. The smallest absolute Gasteiger partial charge is 0.296 e. The molecule has 0 unspecified atom stereocenters. The second-order valence-corrected chi connectivity index (χ2v) is 3.76. The summed E-state index contributed by atoms with van der Waals surface area (Å²) in [6, 6.07) is 5.42. The van der Waals surface area contributed by atoms with Crippen molar-refractivity contribution in [2.24, 2.45) is 0 Å². The largest absolute Gasteiger partial charge is 0.338 e. The predicted molar refractivity (Wildman–Crippen MR) is 61.1 cm³/mol. The van der Waals surface area contributed by atoms with Crippen LogP contribution in [-0.2, 0) is 11.2 Å². The summed E-state index contributed by atoms with van der Waals surface area (Å²) in [6.45, 7) is 0. The van der Waals surface area contributed by atoms with Gasteiger partial charge in [-0.05, 0) is 0 Å². The molecule has 1 aromatic heterocycles. The van der Waals surface area contributed by atoms with Crippen LogP contribution in [-0.4, -0.2) is 27.3 Å². The van der Waals surface area contributed by atoms with Crippen LogP contribution in [0.25, 0.3) is 11.4 Å². The maximum Gasteiger partial charge on any atom is 0.296 e. The predicted octanol–water partition coefficient (Wildman–Crippen LogP) is 2.02. The van der Waals surface area contributed by atoms with Crippen molar-refractivity contribution in [1.82, 2.24) is 10.1 Å². The first-order chi connectivity index (χ1) is 9.47. The monoisotopic (exact) mass is 283 g/mol. The molecule has 0 spiro atoms. The number of Topliss-reactive ketones (excluding diaryl/α,β-unsaturated/α-hetero) is 1. The number of nitro groups is 1. The Morgan fingerprint density at radius 3 is 2.85 bits per heavy atom. The zero-order valence-electron chi connectivity index (χ0n) is 9.82. The summed E-state index contributed by atoms with van der Waals surface area (Å²) in [5.41, 5.74) is 0.121. The van der Waals surface area contributed by atoms with Crippen LogP contribution >= 0.6 is 0 Å². The van der Waals surface area contributed by atoms with Crippen LogP contribution in [0.15, 0.2) is 28.8 Å². The van der Waals surface area contributed by atoms with Gasteiger partial charge in [0, 0.05) is 17.7 Å². The van der Waals surface area contributed by atoms with Crippen molar-refractivity contribution >= 4 is 11.5 Å². The molecule has 0 radical (unpaired) electrons. The third-order valence-corrected chi connectivity index (χ3v) is 2.35. The van der Waals surface area contributed by atoms with Crippen LogP contribution < -0.4 is 0 Å². The van der Waals surface area contributed by atoms with Gasteiger partial charge in [-0.1, -0.05) is 17.3 Å². The molecule has 0 saturated carbocycles. The molecule has 0 aliphatic heterocycles. The Bertz CT molecular complexity index is 657. The summed E-state index contributed by atoms with van der Waals surface area (Å²) in [5.74, 6) is -1.61. The van der Waals surface area contributed by atoms with E-state index in [9.17, 15) is 23.7 Å². The third-order valence-electron chi connectivity index (χ3n) is 2.35. The van der Waals surface area contributed by atoms with Gasteiger partial charge in [0.1, 0.15) is 0 Å². The van der Waals surface area contributed by atoms with Crippen molar-refractivity contribution in [1.29, 1.82) is 0 Å². The summed E-state index contributed by atoms with van der Waals surface area (Å²) in [7, 11) is 0. The van der Waals surface area contributed by atoms with Crippen molar-refractivity contribution in [2.45, 2.75) is 12.8 Å². The molecular formula is C11H7F2N3O4. The van der Waals surface area contributed by atoms with Gasteiger partial charge in [0.05, 0.1) is 11.3 Å². The fraction of sp³-hybridized carbons (Fsp3) is 0.182. The number of alkyl halides is 2. The van der Waals surface area contributed by atoms with Crippen molar-refractivity contribution in [3.63, 3.8) is 0 Å². The standard InChI is InChI=1S/C11H7F2N3O4/c12-10(13)8(17)5-9-14-11(15-20-9)6-2-1-3-7(4-6)16(18)19/h1-4,10H,5H2. The van der Waals surface area contributed by atoms with Crippen molar-refractivity contribution in [3.05, 3.63) is 40.3 Å². The second-order valence-electron chi connectivity index (χ2n) is 3.76. The zero-order valence-corrected chi connectivity index (χ0v) is 9.82. The van der Waals surface area contributed by atoms with E-state index in [2.05, 4.69) is 14.7 Å². The highest BCUT2D eigenvalue weighted by atomic mass is 19.3. The number of non-ortho nitro benzene ring substituents is 1. The number of nitro benzene ring substituents is 1. The number of carbonyl (C=O) groups is 1. The Kier molecular flexibility index (Phi) is 3.78. The lowest BCUT2D eigenvalue weighted by Gasteiger charge is -1.94. The molecule has 0 aliphatic rings. The van der Waals surface area contributed by atoms with Gasteiger partial charge in [0.15, 0.2) is 0 Å². The second kappa shape index (κ2) is 5.51. The van der Waals surface area contributed by atoms with Gasteiger partial charge in [0.25, 0.3) is 12.1 Å². The Morgan fingerprint density at radius 1 is 1.45 bits per heavy atom. The Morgan fingerprint density at radius 2 is 2.20 bits per heavy atom. The first kappa shape index (κ1) is 13.7. The highest BCUT2D eigenvalue weighted by Crippen LogP contribution is 2.21. The average molecular weight is 283 g/mol. The molecule has 104 valence electrons. The summed E-state index contributed by atoms with van der Waals surface area (Å²) in [5, 5.41) is 14.1. The van der Waals surface area contributed by atoms with Gasteiger partial charge >= 0.3 is 0 Å². The van der Waals surface area contributed by atoms with Crippen molar-refractivity contribution in [2.75, 3.05) is 0 Å². The molecule has 1 heterocycles. The summed E-state index contributed by atoms with van der Waals surface area (Å²) in [4.78, 5) is 24.6. The summed E-state index contributed by atoms with van der Waals surface area (Å²) >= 11 is 0. The molecule has 7 nitrogen and oxygen atoms in total. The molecular weight excluding hydrogens is 276 g/mol. The van der Waals surface area contributed by atoms with E-state index in [1.54, 1.807) is 0 Å². The van der Waals surface area contributed by atoms with E-state index >= 15 is 0 Å². The van der Waals surface area contributed by atoms with E-state index < -0.39 is 23.6 Å². The Balaban J connectivity index is 2.22. The number of benzene rings is 1. The van der Waals surface area contributed by atoms with Crippen LogP contribution in [0.5, 0.6) is 0 Å². The van der Waals surface area contributed by atoms with Crippen LogP contribution in [0, 0.1) is 10.1 Å². The molecule has 0 N–H and O–H groups in total. The van der Waals surface area contributed by atoms with E-state index in [1.807, 2.05) is 0 Å². The number of hydrogen-bond donors (Lipinski definition) is 0. The van der Waals surface area contributed by atoms with Crippen LogP contribution in [0.3, 0.4) is 0 Å². The fourth-order valence-corrected chi connectivity index (χ4v) is 1.43. The van der Waals surface area contributed by atoms with E-state index in [4.69, 9.17) is 0 Å². The van der Waals surface area contributed by atoms with Crippen LogP contribution in [0.2, 0.25) is 0 Å². The quantitative estimate of drug-likeness (QED) is 0.614. The first-order valence-corrected chi connectivity index (χ1v) is 5.35. The van der Waals surface area contributed by atoms with Gasteiger partial charge in [-0.3, -0.25) is 14.9 Å². The average Bonchev–Trinajstić information content (AvgIpc) is 2.87. The van der Waals surface area contributed by atoms with Gasteiger partial charge in [-0.25, -0.2) is 8.78 Å². The SMILES string of the molecule is O=C(Cc1nc(-c2cccc([N+](=O)[O-])c2)no1)C(F)F. The van der Waals surface area contributed by atoms with Crippen molar-refractivity contribution < 1.29 is 23.0 Å². The molecule has 0 fully saturated rings. The molecule has 9 heteroatoms. The van der Waals surface area contributed by atoms with E-state index in [0.717, 1.165) is 0 Å². The normalized spacial score (nSPS) is 10.8. The molecule has 1 aromatic carbocycles. The molecule has 20 heavy (non-hydrogen) atoms. The number of hydrogen-bond acceptors (Lipinski definition) is 6. The van der Waals surface area contributed by atoms with E-state index in [1.165, 1.54) is 24.3 Å². The molecule has 0 amide bonds. The fourth-order valence-electron chi connectivity index (χ4n) is 1.43. The number of halogens is 2. The van der Waals surface area contributed by atoms with E-state index in [0.29, 0.717) is 5.56 Å². The number of rotatable bonds is 5. The molecule has 0 bridgehead atoms. The minimum atomic E-state index is -3.11. The maximum atomic E-state index is 12.1. The maximum absolute atomic E-state index is 12.1. The molecule has 2 rings (SSSR count). The minimum Gasteiger partial charge on any atom is -0.338 e. The van der Waals surface area contributed by atoms with Crippen LogP contribution in [0.1, 0.15) is 5.89 Å². The first-order valence-electron chi connectivity index (χ1n) is 5.35. The molecule has 0 aliphatic carbocycles.